The normalized spacial score (nSPS) is 10.2. The van der Waals surface area contributed by atoms with Crippen molar-refractivity contribution < 1.29 is 9.90 Å². The van der Waals surface area contributed by atoms with Gasteiger partial charge >= 0.3 is 0 Å². The van der Waals surface area contributed by atoms with Gasteiger partial charge in [-0.25, -0.2) is 0 Å². The molecule has 0 saturated heterocycles. The molecule has 0 unspecified atom stereocenters. The summed E-state index contributed by atoms with van der Waals surface area (Å²) in [4.78, 5) is 13.3. The number of phenols is 1. The Balaban J connectivity index is 2.15. The Hall–Kier alpha value is -1.94. The van der Waals surface area contributed by atoms with Gasteiger partial charge in [-0.3, -0.25) is 4.79 Å². The number of nitrogens with one attached hydrogen (secondary N) is 1. The van der Waals surface area contributed by atoms with Crippen LogP contribution in [0, 0.1) is 6.92 Å². The molecule has 1 amide bonds. The number of hydrogen-bond acceptors (Lipinski definition) is 3. The zero-order valence-corrected chi connectivity index (χ0v) is 11.6. The molecule has 98 valence electrons. The topological polar surface area (TPSA) is 49.3 Å². The third-order valence-corrected chi connectivity index (χ3v) is 3.55. The summed E-state index contributed by atoms with van der Waals surface area (Å²) in [6.07, 6.45) is 2.01. The minimum Gasteiger partial charge on any atom is -0.508 e. The van der Waals surface area contributed by atoms with Crippen LogP contribution in [0.5, 0.6) is 5.75 Å². The molecule has 0 aromatic heterocycles. The van der Waals surface area contributed by atoms with Crippen molar-refractivity contribution in [1.29, 1.82) is 0 Å². The first kappa shape index (κ1) is 13.5. The number of amides is 1. The van der Waals surface area contributed by atoms with Gasteiger partial charge in [-0.2, -0.15) is 0 Å². The van der Waals surface area contributed by atoms with Crippen LogP contribution in [0.1, 0.15) is 15.9 Å². The number of rotatable bonds is 3. The first-order valence-corrected chi connectivity index (χ1v) is 7.07. The molecule has 0 saturated carbocycles. The second-order valence-corrected chi connectivity index (χ2v) is 5.06. The predicted molar refractivity (Wildman–Crippen MR) is 79.0 cm³/mol. The number of carbonyl (C=O) groups is 1. The zero-order chi connectivity index (χ0) is 13.8. The number of thioether (sulfide) groups is 1. The second kappa shape index (κ2) is 5.80. The average molecular weight is 273 g/mol. The van der Waals surface area contributed by atoms with Crippen LogP contribution >= 0.6 is 11.8 Å². The molecule has 4 heteroatoms. The van der Waals surface area contributed by atoms with E-state index in [0.29, 0.717) is 5.56 Å². The van der Waals surface area contributed by atoms with Crippen LogP contribution in [0.25, 0.3) is 0 Å². The van der Waals surface area contributed by atoms with Gasteiger partial charge in [0.05, 0.1) is 0 Å². The van der Waals surface area contributed by atoms with Crippen LogP contribution < -0.4 is 5.32 Å². The highest BCUT2D eigenvalue weighted by Gasteiger charge is 2.09. The zero-order valence-electron chi connectivity index (χ0n) is 10.8. The largest absolute Gasteiger partial charge is 0.508 e. The summed E-state index contributed by atoms with van der Waals surface area (Å²) < 4.78 is 0. The first-order chi connectivity index (χ1) is 9.10. The molecule has 0 aliphatic heterocycles. The van der Waals surface area contributed by atoms with E-state index in [0.717, 1.165) is 16.1 Å². The van der Waals surface area contributed by atoms with Crippen molar-refractivity contribution in [1.82, 2.24) is 0 Å². The molecule has 0 bridgehead atoms. The van der Waals surface area contributed by atoms with Crippen LogP contribution in [0.3, 0.4) is 0 Å². The third-order valence-electron chi connectivity index (χ3n) is 2.80. The molecular weight excluding hydrogens is 258 g/mol. The Morgan fingerprint density at radius 1 is 1.16 bits per heavy atom. The third kappa shape index (κ3) is 3.29. The fraction of sp³-hybridized carbons (Fsp3) is 0.133. The molecule has 2 rings (SSSR count). The Kier molecular flexibility index (Phi) is 4.12. The highest BCUT2D eigenvalue weighted by atomic mass is 32.2. The van der Waals surface area contributed by atoms with Crippen molar-refractivity contribution >= 4 is 23.4 Å². The average Bonchev–Trinajstić information content (AvgIpc) is 2.39. The molecule has 0 atom stereocenters. The van der Waals surface area contributed by atoms with Gasteiger partial charge in [0.25, 0.3) is 5.91 Å². The lowest BCUT2D eigenvalue weighted by molar-refractivity contribution is 0.102. The van der Waals surface area contributed by atoms with Gasteiger partial charge < -0.3 is 10.4 Å². The van der Waals surface area contributed by atoms with Crippen molar-refractivity contribution in [3.63, 3.8) is 0 Å². The summed E-state index contributed by atoms with van der Waals surface area (Å²) in [5.41, 5.74) is 2.07. The lowest BCUT2D eigenvalue weighted by atomic mass is 10.1. The smallest absolute Gasteiger partial charge is 0.255 e. The predicted octanol–water partition coefficient (Wildman–Crippen LogP) is 3.67. The maximum Gasteiger partial charge on any atom is 0.255 e. The Labute approximate surface area is 116 Å². The van der Waals surface area contributed by atoms with E-state index in [2.05, 4.69) is 5.32 Å². The van der Waals surface area contributed by atoms with Crippen LogP contribution in [0.4, 0.5) is 5.69 Å². The molecule has 0 heterocycles. The van der Waals surface area contributed by atoms with Crippen molar-refractivity contribution in [2.24, 2.45) is 0 Å². The summed E-state index contributed by atoms with van der Waals surface area (Å²) in [5.74, 6) is -0.00669. The van der Waals surface area contributed by atoms with E-state index in [1.165, 1.54) is 6.07 Å². The van der Waals surface area contributed by atoms with Gasteiger partial charge in [0.1, 0.15) is 5.75 Å². The van der Waals surface area contributed by atoms with E-state index in [4.69, 9.17) is 0 Å². The molecule has 19 heavy (non-hydrogen) atoms. The van der Waals surface area contributed by atoms with Gasteiger partial charge in [0, 0.05) is 16.1 Å². The molecule has 0 aliphatic rings. The number of hydrogen-bond donors (Lipinski definition) is 2. The second-order valence-electron chi connectivity index (χ2n) is 4.18. The molecule has 0 radical (unpaired) electrons. The number of aromatic hydroxyl groups is 1. The molecule has 2 aromatic carbocycles. The SMILES string of the molecule is CSc1ccc(NC(=O)c2ccc(O)cc2C)cc1. The lowest BCUT2D eigenvalue weighted by Crippen LogP contribution is -2.13. The summed E-state index contributed by atoms with van der Waals surface area (Å²) >= 11 is 1.66. The summed E-state index contributed by atoms with van der Waals surface area (Å²) in [7, 11) is 0. The number of anilines is 1. The minimum absolute atomic E-state index is 0.165. The van der Waals surface area contributed by atoms with E-state index in [-0.39, 0.29) is 11.7 Å². The fourth-order valence-electron chi connectivity index (χ4n) is 1.78. The molecule has 2 N–H and O–H groups in total. The van der Waals surface area contributed by atoms with E-state index in [9.17, 15) is 9.90 Å². The number of phenolic OH excluding ortho intramolecular Hbond substituents is 1. The lowest BCUT2D eigenvalue weighted by Gasteiger charge is -2.08. The van der Waals surface area contributed by atoms with Gasteiger partial charge in [0.2, 0.25) is 0 Å². The Morgan fingerprint density at radius 2 is 1.84 bits per heavy atom. The molecule has 0 fully saturated rings. The van der Waals surface area contributed by atoms with E-state index in [1.807, 2.05) is 30.5 Å². The van der Waals surface area contributed by atoms with Crippen molar-refractivity contribution in [2.45, 2.75) is 11.8 Å². The highest BCUT2D eigenvalue weighted by molar-refractivity contribution is 7.98. The summed E-state index contributed by atoms with van der Waals surface area (Å²) in [6.45, 7) is 1.80. The monoisotopic (exact) mass is 273 g/mol. The molecule has 0 spiro atoms. The number of benzene rings is 2. The van der Waals surface area contributed by atoms with Crippen molar-refractivity contribution in [3.8, 4) is 5.75 Å². The van der Waals surface area contributed by atoms with E-state index in [1.54, 1.807) is 30.8 Å². The highest BCUT2D eigenvalue weighted by Crippen LogP contribution is 2.20. The van der Waals surface area contributed by atoms with Crippen LogP contribution in [0.15, 0.2) is 47.4 Å². The van der Waals surface area contributed by atoms with Gasteiger partial charge in [-0.15, -0.1) is 11.8 Å². The maximum absolute atomic E-state index is 12.1. The van der Waals surface area contributed by atoms with Crippen LogP contribution in [0.2, 0.25) is 0 Å². The minimum atomic E-state index is -0.172. The van der Waals surface area contributed by atoms with Gasteiger partial charge in [-0.05, 0) is 61.2 Å². The fourth-order valence-corrected chi connectivity index (χ4v) is 2.18. The quantitative estimate of drug-likeness (QED) is 0.839. The molecule has 0 aliphatic carbocycles. The van der Waals surface area contributed by atoms with Crippen LogP contribution in [-0.4, -0.2) is 17.3 Å². The maximum atomic E-state index is 12.1. The standard InChI is InChI=1S/C15H15NO2S/c1-10-9-12(17)5-8-14(10)15(18)16-11-3-6-13(19-2)7-4-11/h3-9,17H,1-2H3,(H,16,18). The number of carbonyl (C=O) groups excluding carboxylic acids is 1. The first-order valence-electron chi connectivity index (χ1n) is 5.85. The van der Waals surface area contributed by atoms with Gasteiger partial charge in [0.15, 0.2) is 0 Å². The molecular formula is C15H15NO2S. The van der Waals surface area contributed by atoms with Crippen molar-refractivity contribution in [2.75, 3.05) is 11.6 Å². The van der Waals surface area contributed by atoms with Crippen molar-refractivity contribution in [3.05, 3.63) is 53.6 Å². The van der Waals surface area contributed by atoms with Gasteiger partial charge in [-0.1, -0.05) is 0 Å². The van der Waals surface area contributed by atoms with E-state index < -0.39 is 0 Å². The summed E-state index contributed by atoms with van der Waals surface area (Å²) in [6, 6.07) is 12.4. The molecule has 2 aromatic rings. The molecule has 3 nitrogen and oxygen atoms in total. The Bertz CT molecular complexity index is 594. The van der Waals surface area contributed by atoms with Crippen LogP contribution in [-0.2, 0) is 0 Å². The Morgan fingerprint density at radius 3 is 2.42 bits per heavy atom. The number of aryl methyl sites for hydroxylation is 1. The van der Waals surface area contributed by atoms with E-state index >= 15 is 0 Å². The summed E-state index contributed by atoms with van der Waals surface area (Å²) in [5, 5.41) is 12.2.